The van der Waals surface area contributed by atoms with E-state index in [-0.39, 0.29) is 30.3 Å². The van der Waals surface area contributed by atoms with E-state index in [1.165, 1.54) is 4.68 Å². The Hall–Kier alpha value is -3.72. The van der Waals surface area contributed by atoms with Crippen molar-refractivity contribution in [1.29, 1.82) is 0 Å². The second-order valence-electron chi connectivity index (χ2n) is 7.84. The summed E-state index contributed by atoms with van der Waals surface area (Å²) in [4.78, 5) is 39.8. The quantitative estimate of drug-likeness (QED) is 0.561. The highest BCUT2D eigenvalue weighted by Gasteiger charge is 2.35. The third kappa shape index (κ3) is 4.73. The first-order chi connectivity index (χ1) is 16.0. The standard InChI is InChI=1S/C24H26N4O5/c1-32-11-10-28-24(31)20-9-4-3-8-19(20)21(26-28)14-25-23(30)16-12-22(29)27(15-16)17-6-5-7-18(13-17)33-2/h3-9,13,16H,10-12,14-15H2,1-2H3,(H,25,30). The monoisotopic (exact) mass is 450 g/mol. The summed E-state index contributed by atoms with van der Waals surface area (Å²) in [6.45, 7) is 1.10. The van der Waals surface area contributed by atoms with E-state index in [2.05, 4.69) is 10.4 Å². The Labute approximate surface area is 190 Å². The van der Waals surface area contributed by atoms with E-state index >= 15 is 0 Å². The van der Waals surface area contributed by atoms with Crippen molar-refractivity contribution < 1.29 is 19.1 Å². The first-order valence-corrected chi connectivity index (χ1v) is 10.7. The van der Waals surface area contributed by atoms with Crippen LogP contribution >= 0.6 is 0 Å². The summed E-state index contributed by atoms with van der Waals surface area (Å²) in [6, 6.07) is 14.4. The molecule has 1 saturated heterocycles. The maximum Gasteiger partial charge on any atom is 0.274 e. The van der Waals surface area contributed by atoms with E-state index in [4.69, 9.17) is 9.47 Å². The molecular formula is C24H26N4O5. The number of hydrogen-bond donors (Lipinski definition) is 1. The third-order valence-corrected chi connectivity index (χ3v) is 5.74. The van der Waals surface area contributed by atoms with Gasteiger partial charge in [0.05, 0.1) is 43.8 Å². The summed E-state index contributed by atoms with van der Waals surface area (Å²) in [6.07, 6.45) is 0.130. The van der Waals surface area contributed by atoms with Gasteiger partial charge in [0.15, 0.2) is 0 Å². The van der Waals surface area contributed by atoms with Gasteiger partial charge in [-0.05, 0) is 18.2 Å². The van der Waals surface area contributed by atoms with Crippen molar-refractivity contribution in [2.24, 2.45) is 5.92 Å². The molecule has 3 aromatic rings. The number of rotatable bonds is 8. The molecular weight excluding hydrogens is 424 g/mol. The average molecular weight is 450 g/mol. The Morgan fingerprint density at radius 1 is 1.12 bits per heavy atom. The fourth-order valence-corrected chi connectivity index (χ4v) is 3.99. The maximum absolute atomic E-state index is 12.9. The summed E-state index contributed by atoms with van der Waals surface area (Å²) in [7, 11) is 3.13. The molecule has 1 aromatic heterocycles. The molecule has 2 aromatic carbocycles. The molecule has 2 heterocycles. The van der Waals surface area contributed by atoms with E-state index in [1.807, 2.05) is 24.3 Å². The van der Waals surface area contributed by atoms with Gasteiger partial charge in [-0.2, -0.15) is 5.10 Å². The van der Waals surface area contributed by atoms with Gasteiger partial charge >= 0.3 is 0 Å². The zero-order valence-electron chi connectivity index (χ0n) is 18.6. The highest BCUT2D eigenvalue weighted by molar-refractivity contribution is 6.00. The topological polar surface area (TPSA) is 103 Å². The van der Waals surface area contributed by atoms with Crippen LogP contribution in [0.5, 0.6) is 5.75 Å². The number of ether oxygens (including phenoxy) is 2. The molecule has 1 aliphatic heterocycles. The van der Waals surface area contributed by atoms with Gasteiger partial charge in [-0.25, -0.2) is 4.68 Å². The molecule has 0 radical (unpaired) electrons. The van der Waals surface area contributed by atoms with Crippen LogP contribution in [0.25, 0.3) is 10.8 Å². The number of carbonyl (C=O) groups excluding carboxylic acids is 2. The molecule has 172 valence electrons. The molecule has 1 fully saturated rings. The zero-order chi connectivity index (χ0) is 23.4. The number of methoxy groups -OCH3 is 2. The zero-order valence-corrected chi connectivity index (χ0v) is 18.6. The molecule has 1 aliphatic rings. The van der Waals surface area contributed by atoms with E-state index in [1.54, 1.807) is 43.4 Å². The molecule has 0 aliphatic carbocycles. The molecule has 2 amide bonds. The number of anilines is 1. The average Bonchev–Trinajstić information content (AvgIpc) is 3.24. The molecule has 33 heavy (non-hydrogen) atoms. The summed E-state index contributed by atoms with van der Waals surface area (Å²) in [5, 5.41) is 8.58. The minimum absolute atomic E-state index is 0.111. The molecule has 0 spiro atoms. The van der Waals surface area contributed by atoms with Gasteiger partial charge in [-0.1, -0.05) is 24.3 Å². The van der Waals surface area contributed by atoms with Crippen molar-refractivity contribution in [2.75, 3.05) is 32.3 Å². The fraction of sp³-hybridized carbons (Fsp3) is 0.333. The minimum atomic E-state index is -0.477. The lowest BCUT2D eigenvalue weighted by molar-refractivity contribution is -0.126. The van der Waals surface area contributed by atoms with Crippen LogP contribution in [0.4, 0.5) is 5.69 Å². The highest BCUT2D eigenvalue weighted by Crippen LogP contribution is 2.28. The van der Waals surface area contributed by atoms with Gasteiger partial charge in [-0.3, -0.25) is 14.4 Å². The predicted octanol–water partition coefficient (Wildman–Crippen LogP) is 1.72. The van der Waals surface area contributed by atoms with Crippen LogP contribution in [0.3, 0.4) is 0 Å². The Morgan fingerprint density at radius 3 is 2.67 bits per heavy atom. The maximum atomic E-state index is 12.9. The van der Waals surface area contributed by atoms with Gasteiger partial charge in [0, 0.05) is 37.2 Å². The molecule has 9 nitrogen and oxygen atoms in total. The van der Waals surface area contributed by atoms with E-state index < -0.39 is 5.92 Å². The van der Waals surface area contributed by atoms with Crippen molar-refractivity contribution in [3.63, 3.8) is 0 Å². The van der Waals surface area contributed by atoms with Crippen LogP contribution in [0.15, 0.2) is 53.3 Å². The lowest BCUT2D eigenvalue weighted by Crippen LogP contribution is -2.34. The summed E-state index contributed by atoms with van der Waals surface area (Å²) >= 11 is 0. The fourth-order valence-electron chi connectivity index (χ4n) is 3.99. The molecule has 0 bridgehead atoms. The van der Waals surface area contributed by atoms with Crippen LogP contribution in [0, 0.1) is 5.92 Å². The number of fused-ring (bicyclic) bond motifs is 1. The number of benzene rings is 2. The number of carbonyl (C=O) groups is 2. The first kappa shape index (κ1) is 22.5. The smallest absolute Gasteiger partial charge is 0.274 e. The second-order valence-corrected chi connectivity index (χ2v) is 7.84. The van der Waals surface area contributed by atoms with Crippen molar-refractivity contribution in [3.8, 4) is 5.75 Å². The molecule has 4 rings (SSSR count). The Balaban J connectivity index is 1.49. The number of nitrogens with one attached hydrogen (secondary N) is 1. The van der Waals surface area contributed by atoms with E-state index in [0.29, 0.717) is 47.6 Å². The summed E-state index contributed by atoms with van der Waals surface area (Å²) in [5.74, 6) is -0.168. The molecule has 1 N–H and O–H groups in total. The normalized spacial score (nSPS) is 15.8. The van der Waals surface area contributed by atoms with Crippen molar-refractivity contribution in [3.05, 3.63) is 64.6 Å². The van der Waals surface area contributed by atoms with Crippen molar-refractivity contribution in [1.82, 2.24) is 15.1 Å². The summed E-state index contributed by atoms with van der Waals surface area (Å²) in [5.41, 5.74) is 1.09. The lowest BCUT2D eigenvalue weighted by Gasteiger charge is -2.17. The lowest BCUT2D eigenvalue weighted by atomic mass is 10.1. The number of aromatic nitrogens is 2. The van der Waals surface area contributed by atoms with Crippen molar-refractivity contribution in [2.45, 2.75) is 19.5 Å². The summed E-state index contributed by atoms with van der Waals surface area (Å²) < 4.78 is 11.7. The molecule has 1 unspecified atom stereocenters. The van der Waals surface area contributed by atoms with E-state index in [9.17, 15) is 14.4 Å². The highest BCUT2D eigenvalue weighted by atomic mass is 16.5. The number of hydrogen-bond acceptors (Lipinski definition) is 6. The van der Waals surface area contributed by atoms with Crippen LogP contribution in [0.1, 0.15) is 12.1 Å². The number of nitrogens with zero attached hydrogens (tertiary/aromatic N) is 3. The largest absolute Gasteiger partial charge is 0.497 e. The molecule has 1 atom stereocenters. The predicted molar refractivity (Wildman–Crippen MR) is 123 cm³/mol. The Morgan fingerprint density at radius 2 is 1.91 bits per heavy atom. The Kier molecular flexibility index (Phi) is 6.69. The van der Waals surface area contributed by atoms with E-state index in [0.717, 1.165) is 0 Å². The Bertz CT molecular complexity index is 1240. The van der Waals surface area contributed by atoms with Crippen LogP contribution in [-0.2, 0) is 27.4 Å². The van der Waals surface area contributed by atoms with Crippen LogP contribution in [0.2, 0.25) is 0 Å². The van der Waals surface area contributed by atoms with Gasteiger partial charge in [0.1, 0.15) is 5.75 Å². The van der Waals surface area contributed by atoms with Crippen LogP contribution < -0.4 is 20.5 Å². The van der Waals surface area contributed by atoms with Gasteiger partial charge < -0.3 is 19.7 Å². The van der Waals surface area contributed by atoms with Crippen molar-refractivity contribution >= 4 is 28.3 Å². The third-order valence-electron chi connectivity index (χ3n) is 5.74. The van der Waals surface area contributed by atoms with Crippen LogP contribution in [-0.4, -0.2) is 49.0 Å². The van der Waals surface area contributed by atoms with Gasteiger partial charge in [0.2, 0.25) is 11.8 Å². The van der Waals surface area contributed by atoms with Gasteiger partial charge in [0.25, 0.3) is 5.56 Å². The van der Waals surface area contributed by atoms with Gasteiger partial charge in [-0.15, -0.1) is 0 Å². The second kappa shape index (κ2) is 9.83. The minimum Gasteiger partial charge on any atom is -0.497 e. The first-order valence-electron chi connectivity index (χ1n) is 10.7. The SMILES string of the molecule is COCCn1nc(CNC(=O)C2CC(=O)N(c3cccc(OC)c3)C2)c2ccccc2c1=O. The number of amides is 2. The molecule has 9 heteroatoms. The molecule has 0 saturated carbocycles.